The third-order valence-electron chi connectivity index (χ3n) is 4.54. The Balaban J connectivity index is 1.73. The van der Waals surface area contributed by atoms with Crippen molar-refractivity contribution in [3.63, 3.8) is 0 Å². The fraction of sp³-hybridized carbons (Fsp3) is 0.0455. The van der Waals surface area contributed by atoms with Gasteiger partial charge in [0.15, 0.2) is 5.71 Å². The minimum Gasteiger partial charge on any atom is -0.478 e. The molecule has 0 bridgehead atoms. The summed E-state index contributed by atoms with van der Waals surface area (Å²) in [6.07, 6.45) is -4.03. The molecule has 2 heterocycles. The lowest BCUT2D eigenvalue weighted by molar-refractivity contribution is -0.114. The number of nitrogens with zero attached hydrogens (tertiary/aromatic N) is 2. The number of carboxylic acid groups (broad SMARTS) is 1. The molecule has 4 rings (SSSR count). The average Bonchev–Trinajstić information content (AvgIpc) is 3.33. The summed E-state index contributed by atoms with van der Waals surface area (Å²) in [5.74, 6) is -2.16. The number of anilines is 1. The first-order valence-corrected chi connectivity index (χ1v) is 9.90. The van der Waals surface area contributed by atoms with Crippen LogP contribution in [0.5, 0.6) is 0 Å². The van der Waals surface area contributed by atoms with Crippen molar-refractivity contribution in [3.8, 4) is 11.3 Å². The number of carbonyl (C=O) groups is 2. The molecular weight excluding hydrogens is 484 g/mol. The van der Waals surface area contributed by atoms with Gasteiger partial charge in [0.25, 0.3) is 5.91 Å². The molecule has 0 atom stereocenters. The SMILES string of the molecule is O=C(O)c1cccc(N2N=C(C(F)(F)F)C(=Cc3ccc(-c4cc(Cl)cc(Cl)c4)o3)C2=O)c1. The van der Waals surface area contributed by atoms with E-state index in [1.807, 2.05) is 0 Å². The quantitative estimate of drug-likeness (QED) is 0.431. The lowest BCUT2D eigenvalue weighted by Gasteiger charge is -2.11. The Kier molecular flexibility index (Phi) is 5.77. The van der Waals surface area contributed by atoms with Crippen LogP contribution in [0.4, 0.5) is 18.9 Å². The number of carboxylic acids is 1. The second-order valence-corrected chi connectivity index (χ2v) is 7.71. The number of aromatic carboxylic acids is 1. The van der Waals surface area contributed by atoms with Crippen LogP contribution in [0.25, 0.3) is 17.4 Å². The molecule has 0 spiro atoms. The van der Waals surface area contributed by atoms with Crippen LogP contribution in [0.1, 0.15) is 16.1 Å². The zero-order chi connectivity index (χ0) is 23.9. The maximum absolute atomic E-state index is 13.6. The molecule has 6 nitrogen and oxygen atoms in total. The molecule has 0 saturated heterocycles. The Morgan fingerprint density at radius 3 is 2.39 bits per heavy atom. The number of furan rings is 1. The average molecular weight is 495 g/mol. The monoisotopic (exact) mass is 494 g/mol. The van der Waals surface area contributed by atoms with Crippen LogP contribution >= 0.6 is 23.2 Å². The van der Waals surface area contributed by atoms with E-state index in [0.717, 1.165) is 12.1 Å². The van der Waals surface area contributed by atoms with Crippen LogP contribution in [0, 0.1) is 0 Å². The van der Waals surface area contributed by atoms with Crippen molar-refractivity contribution < 1.29 is 32.3 Å². The standard InChI is InChI=1S/C22H11Cl2F3N2O4/c23-13-6-12(7-14(24)9-13)18-5-4-16(33-18)10-17-19(22(25,26)27)28-29(20(17)30)15-3-1-2-11(8-15)21(31)32/h1-10H,(H,31,32). The van der Waals surface area contributed by atoms with Gasteiger partial charge in [-0.25, -0.2) is 4.79 Å². The van der Waals surface area contributed by atoms with Gasteiger partial charge in [0.1, 0.15) is 11.5 Å². The predicted molar refractivity (Wildman–Crippen MR) is 117 cm³/mol. The highest BCUT2D eigenvalue weighted by molar-refractivity contribution is 6.35. The number of hydrazone groups is 1. The van der Waals surface area contributed by atoms with Gasteiger partial charge >= 0.3 is 12.1 Å². The van der Waals surface area contributed by atoms with Gasteiger partial charge in [-0.15, -0.1) is 0 Å². The minimum absolute atomic E-state index is 0.0393. The summed E-state index contributed by atoms with van der Waals surface area (Å²) in [6, 6.07) is 12.4. The summed E-state index contributed by atoms with van der Waals surface area (Å²) in [7, 11) is 0. The highest BCUT2D eigenvalue weighted by Gasteiger charge is 2.47. The molecule has 168 valence electrons. The fourth-order valence-electron chi connectivity index (χ4n) is 3.12. The van der Waals surface area contributed by atoms with Crippen molar-refractivity contribution in [1.29, 1.82) is 0 Å². The molecule has 11 heteroatoms. The Labute approximate surface area is 194 Å². The lowest BCUT2D eigenvalue weighted by atomic mass is 10.1. The summed E-state index contributed by atoms with van der Waals surface area (Å²) in [5.41, 5.74) is -2.03. The van der Waals surface area contributed by atoms with Gasteiger partial charge in [0, 0.05) is 15.6 Å². The van der Waals surface area contributed by atoms with Crippen molar-refractivity contribution in [1.82, 2.24) is 0 Å². The van der Waals surface area contributed by atoms with Gasteiger partial charge < -0.3 is 9.52 Å². The maximum atomic E-state index is 13.6. The second kappa shape index (κ2) is 8.42. The Bertz CT molecular complexity index is 1330. The lowest BCUT2D eigenvalue weighted by Crippen LogP contribution is -2.25. The highest BCUT2D eigenvalue weighted by Crippen LogP contribution is 2.34. The Morgan fingerprint density at radius 2 is 1.76 bits per heavy atom. The third kappa shape index (κ3) is 4.64. The highest BCUT2D eigenvalue weighted by atomic mass is 35.5. The van der Waals surface area contributed by atoms with Gasteiger partial charge in [-0.2, -0.15) is 23.3 Å². The molecule has 0 radical (unpaired) electrons. The molecule has 0 unspecified atom stereocenters. The number of hydrogen-bond acceptors (Lipinski definition) is 4. The first-order chi connectivity index (χ1) is 15.5. The molecule has 3 aromatic rings. The van der Waals surface area contributed by atoms with E-state index in [4.69, 9.17) is 32.7 Å². The molecule has 0 saturated carbocycles. The van der Waals surface area contributed by atoms with Crippen LogP contribution in [-0.2, 0) is 4.79 Å². The second-order valence-electron chi connectivity index (χ2n) is 6.84. The topological polar surface area (TPSA) is 83.1 Å². The normalized spacial score (nSPS) is 15.3. The first-order valence-electron chi connectivity index (χ1n) is 9.15. The number of amides is 1. The predicted octanol–water partition coefficient (Wildman–Crippen LogP) is 6.30. The van der Waals surface area contributed by atoms with Crippen LogP contribution in [0.15, 0.2) is 69.7 Å². The molecule has 2 aromatic carbocycles. The van der Waals surface area contributed by atoms with E-state index in [-0.39, 0.29) is 22.8 Å². The number of halogens is 5. The van der Waals surface area contributed by atoms with Crippen LogP contribution in [0.2, 0.25) is 10.0 Å². The summed E-state index contributed by atoms with van der Waals surface area (Å²) in [6.45, 7) is 0. The zero-order valence-electron chi connectivity index (χ0n) is 16.2. The zero-order valence-corrected chi connectivity index (χ0v) is 17.7. The largest absolute Gasteiger partial charge is 0.478 e. The molecule has 0 aliphatic carbocycles. The van der Waals surface area contributed by atoms with E-state index in [2.05, 4.69) is 5.10 Å². The van der Waals surface area contributed by atoms with Crippen molar-refractivity contribution in [2.24, 2.45) is 5.10 Å². The number of benzene rings is 2. The van der Waals surface area contributed by atoms with Gasteiger partial charge in [0.05, 0.1) is 16.8 Å². The van der Waals surface area contributed by atoms with Crippen molar-refractivity contribution in [3.05, 3.63) is 81.5 Å². The Morgan fingerprint density at radius 1 is 1.06 bits per heavy atom. The fourth-order valence-corrected chi connectivity index (χ4v) is 3.65. The number of alkyl halides is 3. The van der Waals surface area contributed by atoms with Gasteiger partial charge in [-0.05, 0) is 54.6 Å². The Hall–Kier alpha value is -3.56. The van der Waals surface area contributed by atoms with E-state index in [1.165, 1.54) is 36.4 Å². The van der Waals surface area contributed by atoms with Crippen molar-refractivity contribution in [2.75, 3.05) is 5.01 Å². The molecule has 1 aliphatic rings. The molecule has 1 amide bonds. The maximum Gasteiger partial charge on any atom is 0.435 e. The third-order valence-corrected chi connectivity index (χ3v) is 4.98. The van der Waals surface area contributed by atoms with Crippen LogP contribution in [0.3, 0.4) is 0 Å². The molecular formula is C22H11Cl2F3N2O4. The van der Waals surface area contributed by atoms with Crippen molar-refractivity contribution in [2.45, 2.75) is 6.18 Å². The van der Waals surface area contributed by atoms with Gasteiger partial charge in [-0.1, -0.05) is 29.3 Å². The summed E-state index contributed by atoms with van der Waals surface area (Å²) in [5, 5.41) is 13.7. The smallest absolute Gasteiger partial charge is 0.435 e. The summed E-state index contributed by atoms with van der Waals surface area (Å²) >= 11 is 11.9. The molecule has 1 aromatic heterocycles. The van der Waals surface area contributed by atoms with Gasteiger partial charge in [-0.3, -0.25) is 4.79 Å². The van der Waals surface area contributed by atoms with Crippen LogP contribution in [-0.4, -0.2) is 28.9 Å². The van der Waals surface area contributed by atoms with E-state index in [9.17, 15) is 22.8 Å². The van der Waals surface area contributed by atoms with E-state index < -0.39 is 29.3 Å². The molecule has 0 fully saturated rings. The van der Waals surface area contributed by atoms with E-state index in [0.29, 0.717) is 20.6 Å². The van der Waals surface area contributed by atoms with E-state index in [1.54, 1.807) is 12.1 Å². The summed E-state index contributed by atoms with van der Waals surface area (Å²) < 4.78 is 46.5. The van der Waals surface area contributed by atoms with Crippen LogP contribution < -0.4 is 5.01 Å². The summed E-state index contributed by atoms with van der Waals surface area (Å²) in [4.78, 5) is 24.0. The molecule has 1 aliphatic heterocycles. The van der Waals surface area contributed by atoms with Crippen molar-refractivity contribution >= 4 is 52.6 Å². The van der Waals surface area contributed by atoms with E-state index >= 15 is 0 Å². The minimum atomic E-state index is -4.95. The molecule has 1 N–H and O–H groups in total. The number of carbonyl (C=O) groups excluding carboxylic acids is 1. The number of rotatable bonds is 4. The van der Waals surface area contributed by atoms with Gasteiger partial charge in [0.2, 0.25) is 0 Å². The molecule has 33 heavy (non-hydrogen) atoms. The first kappa shape index (κ1) is 22.6. The number of hydrogen-bond donors (Lipinski definition) is 1.